The Morgan fingerprint density at radius 3 is 2.39 bits per heavy atom. The first-order valence-electron chi connectivity index (χ1n) is 7.11. The molecule has 0 fully saturated rings. The van der Waals surface area contributed by atoms with E-state index in [4.69, 9.17) is 4.74 Å². The van der Waals surface area contributed by atoms with Gasteiger partial charge in [0.15, 0.2) is 0 Å². The Bertz CT molecular complexity index is 717. The number of carbonyl (C=O) groups is 2. The summed E-state index contributed by atoms with van der Waals surface area (Å²) in [5, 5.41) is 22.0. The number of aryl methyl sites for hydroxylation is 1. The first kappa shape index (κ1) is 16.8. The van der Waals surface area contributed by atoms with Crippen LogP contribution in [0.1, 0.15) is 24.0 Å². The smallest absolute Gasteiger partial charge is 0.336 e. The molecule has 122 valence electrons. The molecule has 1 aromatic carbocycles. The van der Waals surface area contributed by atoms with Crippen LogP contribution < -0.4 is 5.32 Å². The lowest BCUT2D eigenvalue weighted by Crippen LogP contribution is -2.33. The molecule has 6 heteroatoms. The number of dihydropyridines is 1. The molecule has 1 atom stereocenters. The lowest BCUT2D eigenvalue weighted by Gasteiger charge is -2.30. The minimum absolute atomic E-state index is 0.0666. The molecule has 23 heavy (non-hydrogen) atoms. The highest BCUT2D eigenvalue weighted by atomic mass is 16.5. The van der Waals surface area contributed by atoms with Crippen LogP contribution in [0.2, 0.25) is 0 Å². The van der Waals surface area contributed by atoms with Crippen molar-refractivity contribution in [3.63, 3.8) is 0 Å². The summed E-state index contributed by atoms with van der Waals surface area (Å²) >= 11 is 0. The quantitative estimate of drug-likeness (QED) is 0.728. The lowest BCUT2D eigenvalue weighted by molar-refractivity contribution is -0.136. The van der Waals surface area contributed by atoms with Gasteiger partial charge in [-0.25, -0.2) is 9.59 Å². The number of ether oxygens (including phenoxy) is 1. The molecule has 3 N–H and O–H groups in total. The summed E-state index contributed by atoms with van der Waals surface area (Å²) in [4.78, 5) is 24.0. The maximum atomic E-state index is 12.3. The number of allylic oxidation sites excluding steroid dienone is 1. The molecule has 0 amide bonds. The van der Waals surface area contributed by atoms with Crippen molar-refractivity contribution >= 4 is 11.9 Å². The Morgan fingerprint density at radius 2 is 1.87 bits per heavy atom. The number of carboxylic acids is 1. The number of benzene rings is 1. The lowest BCUT2D eigenvalue weighted by atomic mass is 9.79. The van der Waals surface area contributed by atoms with Gasteiger partial charge in [0.05, 0.1) is 36.5 Å². The number of hydrogen-bond acceptors (Lipinski definition) is 5. The zero-order valence-electron chi connectivity index (χ0n) is 13.2. The van der Waals surface area contributed by atoms with Crippen LogP contribution in [-0.2, 0) is 14.3 Å². The second-order valence-electron chi connectivity index (χ2n) is 5.30. The van der Waals surface area contributed by atoms with E-state index in [0.717, 1.165) is 5.56 Å². The van der Waals surface area contributed by atoms with Crippen molar-refractivity contribution in [2.45, 2.75) is 19.8 Å². The number of rotatable bonds is 4. The van der Waals surface area contributed by atoms with Gasteiger partial charge in [-0.2, -0.15) is 0 Å². The van der Waals surface area contributed by atoms with E-state index in [-0.39, 0.29) is 16.8 Å². The number of carbonyl (C=O) groups excluding carboxylic acids is 1. The summed E-state index contributed by atoms with van der Waals surface area (Å²) in [5.41, 5.74) is 2.38. The molecule has 0 spiro atoms. The molecule has 1 unspecified atom stereocenters. The highest BCUT2D eigenvalue weighted by Crippen LogP contribution is 2.39. The molecule has 1 aromatic rings. The summed E-state index contributed by atoms with van der Waals surface area (Å²) in [6, 6.07) is 7.25. The van der Waals surface area contributed by atoms with Crippen LogP contribution in [0.15, 0.2) is 46.8 Å². The molecule has 0 bridgehead atoms. The largest absolute Gasteiger partial charge is 0.478 e. The van der Waals surface area contributed by atoms with Crippen LogP contribution in [-0.4, -0.2) is 35.9 Å². The van der Waals surface area contributed by atoms with Crippen molar-refractivity contribution in [2.24, 2.45) is 0 Å². The minimum Gasteiger partial charge on any atom is -0.478 e. The average Bonchev–Trinajstić information content (AvgIpc) is 2.53. The third-order valence-corrected chi connectivity index (χ3v) is 3.94. The Labute approximate surface area is 134 Å². The molecular weight excluding hydrogens is 298 g/mol. The van der Waals surface area contributed by atoms with E-state index in [0.29, 0.717) is 11.3 Å². The number of aliphatic carboxylic acids is 1. The van der Waals surface area contributed by atoms with Gasteiger partial charge < -0.3 is 20.3 Å². The second-order valence-corrected chi connectivity index (χ2v) is 5.30. The highest BCUT2D eigenvalue weighted by molar-refractivity contribution is 5.99. The molecule has 0 saturated carbocycles. The zero-order valence-corrected chi connectivity index (χ0v) is 13.2. The Balaban J connectivity index is 2.76. The average molecular weight is 317 g/mol. The van der Waals surface area contributed by atoms with Gasteiger partial charge in [0, 0.05) is 5.70 Å². The van der Waals surface area contributed by atoms with Crippen LogP contribution in [0.25, 0.3) is 0 Å². The molecule has 0 saturated heterocycles. The topological polar surface area (TPSA) is 95.9 Å². The minimum atomic E-state index is -1.12. The van der Waals surface area contributed by atoms with E-state index in [2.05, 4.69) is 5.32 Å². The fraction of sp³-hybridized carbons (Fsp3) is 0.294. The summed E-state index contributed by atoms with van der Waals surface area (Å²) in [6.45, 7) is 3.04. The summed E-state index contributed by atoms with van der Waals surface area (Å²) in [5.74, 6) is -2.59. The van der Waals surface area contributed by atoms with Crippen molar-refractivity contribution in [2.75, 3.05) is 13.7 Å². The van der Waals surface area contributed by atoms with Gasteiger partial charge in [-0.05, 0) is 25.0 Å². The van der Waals surface area contributed by atoms with Crippen molar-refractivity contribution in [3.8, 4) is 0 Å². The van der Waals surface area contributed by atoms with Crippen LogP contribution in [0, 0.1) is 6.92 Å². The van der Waals surface area contributed by atoms with E-state index in [9.17, 15) is 19.8 Å². The summed E-state index contributed by atoms with van der Waals surface area (Å²) in [7, 11) is 1.23. The van der Waals surface area contributed by atoms with Gasteiger partial charge in [0.25, 0.3) is 0 Å². The number of aliphatic hydroxyl groups is 1. The molecule has 0 aliphatic carbocycles. The highest BCUT2D eigenvalue weighted by Gasteiger charge is 2.38. The zero-order chi connectivity index (χ0) is 17.1. The summed E-state index contributed by atoms with van der Waals surface area (Å²) < 4.78 is 4.81. The molecule has 1 aliphatic heterocycles. The first-order valence-corrected chi connectivity index (χ1v) is 7.11. The van der Waals surface area contributed by atoms with E-state index < -0.39 is 24.5 Å². The molecule has 1 heterocycles. The molecule has 0 radical (unpaired) electrons. The monoisotopic (exact) mass is 317 g/mol. The van der Waals surface area contributed by atoms with Crippen LogP contribution >= 0.6 is 0 Å². The Kier molecular flexibility index (Phi) is 4.86. The number of nitrogens with one attached hydrogen (secondary N) is 1. The number of aliphatic hydroxyl groups excluding tert-OH is 1. The maximum Gasteiger partial charge on any atom is 0.336 e. The number of methoxy groups -OCH3 is 1. The van der Waals surface area contributed by atoms with Crippen molar-refractivity contribution in [1.29, 1.82) is 0 Å². The predicted octanol–water partition coefficient (Wildman–Crippen LogP) is 1.46. The summed E-state index contributed by atoms with van der Waals surface area (Å²) in [6.07, 6.45) is 0. The predicted molar refractivity (Wildman–Crippen MR) is 83.5 cm³/mol. The van der Waals surface area contributed by atoms with E-state index in [1.807, 2.05) is 19.1 Å². The molecule has 0 aromatic heterocycles. The number of esters is 1. The molecule has 1 aliphatic rings. The first-order chi connectivity index (χ1) is 10.9. The second kappa shape index (κ2) is 6.66. The number of hydrogen-bond donors (Lipinski definition) is 3. The molecule has 2 rings (SSSR count). The standard InChI is InChI=1S/C17H19NO5/c1-9-6-4-5-7-11(9)14-13(16(20)21)10(2)18-12(8-19)15(14)17(22)23-3/h4-7,14,18-19H,8H2,1-3H3,(H,20,21). The van der Waals surface area contributed by atoms with Crippen molar-refractivity contribution in [1.82, 2.24) is 5.32 Å². The fourth-order valence-corrected chi connectivity index (χ4v) is 2.88. The van der Waals surface area contributed by atoms with Gasteiger partial charge in [0.2, 0.25) is 0 Å². The normalized spacial score (nSPS) is 17.8. The number of carboxylic acid groups (broad SMARTS) is 1. The third-order valence-electron chi connectivity index (χ3n) is 3.94. The van der Waals surface area contributed by atoms with Crippen LogP contribution in [0.4, 0.5) is 0 Å². The van der Waals surface area contributed by atoms with Gasteiger partial charge >= 0.3 is 11.9 Å². The third kappa shape index (κ3) is 2.98. The van der Waals surface area contributed by atoms with Crippen LogP contribution in [0.5, 0.6) is 0 Å². The van der Waals surface area contributed by atoms with Gasteiger partial charge in [-0.1, -0.05) is 24.3 Å². The maximum absolute atomic E-state index is 12.3. The fourth-order valence-electron chi connectivity index (χ4n) is 2.88. The SMILES string of the molecule is COC(=O)C1=C(CO)NC(C)=C(C(=O)O)C1c1ccccc1C. The Morgan fingerprint density at radius 1 is 1.22 bits per heavy atom. The van der Waals surface area contributed by atoms with Crippen molar-refractivity contribution in [3.05, 3.63) is 57.9 Å². The van der Waals surface area contributed by atoms with E-state index in [1.165, 1.54) is 7.11 Å². The van der Waals surface area contributed by atoms with Gasteiger partial charge in [-0.3, -0.25) is 0 Å². The van der Waals surface area contributed by atoms with E-state index >= 15 is 0 Å². The molecular formula is C17H19NO5. The van der Waals surface area contributed by atoms with E-state index in [1.54, 1.807) is 19.1 Å². The van der Waals surface area contributed by atoms with Gasteiger partial charge in [-0.15, -0.1) is 0 Å². The Hall–Kier alpha value is -2.60. The molecule has 6 nitrogen and oxygen atoms in total. The van der Waals surface area contributed by atoms with Gasteiger partial charge in [0.1, 0.15) is 0 Å². The van der Waals surface area contributed by atoms with Crippen molar-refractivity contribution < 1.29 is 24.5 Å². The van der Waals surface area contributed by atoms with Crippen LogP contribution in [0.3, 0.4) is 0 Å².